The number of carbonyl (C=O) groups is 1. The van der Waals surface area contributed by atoms with Crippen LogP contribution in [0.4, 0.5) is 5.69 Å². The van der Waals surface area contributed by atoms with Crippen molar-refractivity contribution < 1.29 is 17.9 Å². The van der Waals surface area contributed by atoms with Crippen molar-refractivity contribution in [2.24, 2.45) is 5.92 Å². The molecule has 30 heavy (non-hydrogen) atoms. The number of para-hydroxylation sites is 2. The standard InChI is InChI=1S/C22H29N3O4S/c1-17(2)21(23-30(27,28)18-9-5-4-6-10-18)22(26)25-15-13-24(14-16-25)19-11-7-8-12-20(19)29-3/h4-12,17,21,23H,13-16H2,1-3H3/t21-/m1/s1. The number of anilines is 1. The van der Waals surface area contributed by atoms with Crippen molar-refractivity contribution in [1.29, 1.82) is 0 Å². The van der Waals surface area contributed by atoms with E-state index in [1.807, 2.05) is 38.1 Å². The molecule has 0 saturated carbocycles. The lowest BCUT2D eigenvalue weighted by atomic mass is 10.0. The third-order valence-corrected chi connectivity index (χ3v) is 6.74. The predicted molar refractivity (Wildman–Crippen MR) is 117 cm³/mol. The molecule has 0 aromatic heterocycles. The number of methoxy groups -OCH3 is 1. The summed E-state index contributed by atoms with van der Waals surface area (Å²) in [6.45, 7) is 6.05. The van der Waals surface area contributed by atoms with Crippen LogP contribution >= 0.6 is 0 Å². The van der Waals surface area contributed by atoms with Gasteiger partial charge in [-0.1, -0.05) is 44.2 Å². The smallest absolute Gasteiger partial charge is 0.241 e. The van der Waals surface area contributed by atoms with Crippen molar-refractivity contribution in [2.45, 2.75) is 24.8 Å². The lowest BCUT2D eigenvalue weighted by Gasteiger charge is -2.38. The fraction of sp³-hybridized carbons (Fsp3) is 0.409. The number of rotatable bonds is 7. The lowest BCUT2D eigenvalue weighted by Crippen LogP contribution is -2.56. The number of sulfonamides is 1. The Morgan fingerprint density at radius 2 is 1.57 bits per heavy atom. The van der Waals surface area contributed by atoms with E-state index < -0.39 is 16.1 Å². The number of carbonyl (C=O) groups excluding carboxylic acids is 1. The van der Waals surface area contributed by atoms with Crippen LogP contribution in [0.1, 0.15) is 13.8 Å². The van der Waals surface area contributed by atoms with Crippen LogP contribution in [0.3, 0.4) is 0 Å². The van der Waals surface area contributed by atoms with Gasteiger partial charge in [-0.25, -0.2) is 8.42 Å². The van der Waals surface area contributed by atoms with E-state index >= 15 is 0 Å². The molecule has 162 valence electrons. The summed E-state index contributed by atoms with van der Waals surface area (Å²) in [6.07, 6.45) is 0. The molecule has 0 aliphatic carbocycles. The molecule has 1 aliphatic rings. The number of hydrogen-bond acceptors (Lipinski definition) is 5. The highest BCUT2D eigenvalue weighted by Crippen LogP contribution is 2.28. The molecule has 0 radical (unpaired) electrons. The molecule has 1 fully saturated rings. The summed E-state index contributed by atoms with van der Waals surface area (Å²) in [5, 5.41) is 0. The normalized spacial score (nSPS) is 15.9. The Labute approximate surface area is 178 Å². The van der Waals surface area contributed by atoms with E-state index in [2.05, 4.69) is 9.62 Å². The third-order valence-electron chi connectivity index (χ3n) is 5.29. The fourth-order valence-corrected chi connectivity index (χ4v) is 4.92. The van der Waals surface area contributed by atoms with Crippen LogP contribution in [0, 0.1) is 5.92 Å². The Morgan fingerprint density at radius 1 is 0.967 bits per heavy atom. The Bertz CT molecular complexity index is 955. The average Bonchev–Trinajstić information content (AvgIpc) is 2.77. The molecule has 3 rings (SSSR count). The van der Waals surface area contributed by atoms with Crippen molar-refractivity contribution in [3.63, 3.8) is 0 Å². The maximum Gasteiger partial charge on any atom is 0.241 e. The summed E-state index contributed by atoms with van der Waals surface area (Å²) in [5.41, 5.74) is 0.997. The van der Waals surface area contributed by atoms with E-state index in [4.69, 9.17) is 4.74 Å². The molecule has 1 saturated heterocycles. The van der Waals surface area contributed by atoms with Gasteiger partial charge in [-0.2, -0.15) is 4.72 Å². The molecule has 7 nitrogen and oxygen atoms in total. The van der Waals surface area contributed by atoms with Crippen molar-refractivity contribution in [1.82, 2.24) is 9.62 Å². The maximum absolute atomic E-state index is 13.2. The van der Waals surface area contributed by atoms with E-state index in [9.17, 15) is 13.2 Å². The van der Waals surface area contributed by atoms with Crippen LogP contribution in [-0.2, 0) is 14.8 Å². The highest BCUT2D eigenvalue weighted by atomic mass is 32.2. The zero-order chi connectivity index (χ0) is 21.7. The van der Waals surface area contributed by atoms with Crippen LogP contribution < -0.4 is 14.4 Å². The third kappa shape index (κ3) is 4.94. The summed E-state index contributed by atoms with van der Waals surface area (Å²) < 4.78 is 33.5. The van der Waals surface area contributed by atoms with Gasteiger partial charge in [0, 0.05) is 26.2 Å². The summed E-state index contributed by atoms with van der Waals surface area (Å²) in [4.78, 5) is 17.2. The summed E-state index contributed by atoms with van der Waals surface area (Å²) in [7, 11) is -2.13. The van der Waals surface area contributed by atoms with Crippen molar-refractivity contribution in [2.75, 3.05) is 38.2 Å². The number of piperazine rings is 1. The summed E-state index contributed by atoms with van der Waals surface area (Å²) in [5.74, 6) is 0.431. The molecule has 2 aromatic rings. The van der Waals surface area contributed by atoms with Crippen LogP contribution in [0.15, 0.2) is 59.5 Å². The number of hydrogen-bond donors (Lipinski definition) is 1. The van der Waals surface area contributed by atoms with Gasteiger partial charge in [0.15, 0.2) is 0 Å². The first-order valence-corrected chi connectivity index (χ1v) is 11.6. The van der Waals surface area contributed by atoms with E-state index in [1.165, 1.54) is 12.1 Å². The van der Waals surface area contributed by atoms with Gasteiger partial charge in [0.2, 0.25) is 15.9 Å². The number of nitrogens with zero attached hydrogens (tertiary/aromatic N) is 2. The minimum Gasteiger partial charge on any atom is -0.495 e. The first-order chi connectivity index (χ1) is 14.3. The van der Waals surface area contributed by atoms with Gasteiger partial charge >= 0.3 is 0 Å². The highest BCUT2D eigenvalue weighted by molar-refractivity contribution is 7.89. The van der Waals surface area contributed by atoms with Gasteiger partial charge < -0.3 is 14.5 Å². The number of nitrogens with one attached hydrogen (secondary N) is 1. The van der Waals surface area contributed by atoms with Crippen LogP contribution in [0.5, 0.6) is 5.75 Å². The van der Waals surface area contributed by atoms with E-state index in [-0.39, 0.29) is 16.7 Å². The van der Waals surface area contributed by atoms with Crippen LogP contribution in [0.25, 0.3) is 0 Å². The Hall–Kier alpha value is -2.58. The molecule has 0 spiro atoms. The largest absolute Gasteiger partial charge is 0.495 e. The minimum atomic E-state index is -3.78. The van der Waals surface area contributed by atoms with Gasteiger partial charge in [-0.3, -0.25) is 4.79 Å². The Kier molecular flexibility index (Phi) is 6.99. The molecule has 1 amide bonds. The van der Waals surface area contributed by atoms with E-state index in [1.54, 1.807) is 30.2 Å². The molecule has 1 heterocycles. The van der Waals surface area contributed by atoms with Crippen molar-refractivity contribution in [3.05, 3.63) is 54.6 Å². The second-order valence-electron chi connectivity index (χ2n) is 7.64. The summed E-state index contributed by atoms with van der Waals surface area (Å²) >= 11 is 0. The zero-order valence-corrected chi connectivity index (χ0v) is 18.4. The quantitative estimate of drug-likeness (QED) is 0.728. The second kappa shape index (κ2) is 9.49. The fourth-order valence-electron chi connectivity index (χ4n) is 3.56. The first-order valence-electron chi connectivity index (χ1n) is 10.1. The molecular formula is C22H29N3O4S. The number of ether oxygens (including phenoxy) is 1. The Morgan fingerprint density at radius 3 is 2.17 bits per heavy atom. The topological polar surface area (TPSA) is 79.0 Å². The predicted octanol–water partition coefficient (Wildman–Crippen LogP) is 2.35. The molecular weight excluding hydrogens is 402 g/mol. The minimum absolute atomic E-state index is 0.157. The SMILES string of the molecule is COc1ccccc1N1CCN(C(=O)[C@H](NS(=O)(=O)c2ccccc2)C(C)C)CC1. The molecule has 1 atom stereocenters. The van der Waals surface area contributed by atoms with Gasteiger partial charge in [0.05, 0.1) is 17.7 Å². The van der Waals surface area contributed by atoms with Gasteiger partial charge in [0.1, 0.15) is 11.8 Å². The van der Waals surface area contributed by atoms with Crippen LogP contribution in [-0.4, -0.2) is 58.6 Å². The van der Waals surface area contributed by atoms with Gasteiger partial charge in [-0.05, 0) is 30.2 Å². The van der Waals surface area contributed by atoms with Gasteiger partial charge in [0.25, 0.3) is 0 Å². The second-order valence-corrected chi connectivity index (χ2v) is 9.35. The molecule has 0 unspecified atom stereocenters. The maximum atomic E-state index is 13.2. The zero-order valence-electron chi connectivity index (χ0n) is 17.6. The first kappa shape index (κ1) is 22.1. The highest BCUT2D eigenvalue weighted by Gasteiger charge is 2.33. The van der Waals surface area contributed by atoms with Crippen molar-refractivity contribution in [3.8, 4) is 5.75 Å². The Balaban J connectivity index is 1.69. The lowest BCUT2D eigenvalue weighted by molar-refractivity contribution is -0.134. The average molecular weight is 432 g/mol. The molecule has 0 bridgehead atoms. The molecule has 8 heteroatoms. The molecule has 1 aliphatic heterocycles. The van der Waals surface area contributed by atoms with Gasteiger partial charge in [-0.15, -0.1) is 0 Å². The number of amides is 1. The van der Waals surface area contributed by atoms with E-state index in [0.717, 1.165) is 11.4 Å². The molecule has 2 aromatic carbocycles. The van der Waals surface area contributed by atoms with E-state index in [0.29, 0.717) is 26.2 Å². The molecule has 1 N–H and O–H groups in total. The summed E-state index contributed by atoms with van der Waals surface area (Å²) in [6, 6.07) is 15.1. The monoisotopic (exact) mass is 431 g/mol. The van der Waals surface area contributed by atoms with Crippen LogP contribution in [0.2, 0.25) is 0 Å². The number of benzene rings is 2. The van der Waals surface area contributed by atoms with Crippen molar-refractivity contribution >= 4 is 21.6 Å².